The van der Waals surface area contributed by atoms with Crippen molar-refractivity contribution in [3.05, 3.63) is 17.8 Å². The van der Waals surface area contributed by atoms with Gasteiger partial charge in [-0.05, 0) is 18.9 Å². The zero-order valence-electron chi connectivity index (χ0n) is 10.8. The van der Waals surface area contributed by atoms with Crippen LogP contribution in [0.5, 0.6) is 0 Å². The minimum absolute atomic E-state index is 0.289. The molecule has 0 fully saturated rings. The van der Waals surface area contributed by atoms with Crippen molar-refractivity contribution >= 4 is 23.4 Å². The number of carbonyl (C=O) groups excluding carboxylic acids is 2. The molecule has 7 nitrogen and oxygen atoms in total. The van der Waals surface area contributed by atoms with Gasteiger partial charge in [0.25, 0.3) is 0 Å². The highest BCUT2D eigenvalue weighted by Gasteiger charge is 2.13. The van der Waals surface area contributed by atoms with E-state index in [1.165, 1.54) is 19.4 Å². The van der Waals surface area contributed by atoms with E-state index < -0.39 is 5.97 Å². The number of aromatic nitrogens is 1. The maximum atomic E-state index is 11.5. The molecule has 1 amide bonds. The van der Waals surface area contributed by atoms with Gasteiger partial charge in [-0.3, -0.25) is 4.79 Å². The van der Waals surface area contributed by atoms with Gasteiger partial charge in [0.1, 0.15) is 11.4 Å². The normalized spacial score (nSPS) is 9.95. The van der Waals surface area contributed by atoms with Crippen LogP contribution in [0.3, 0.4) is 0 Å². The largest absolute Gasteiger partial charge is 0.465 e. The number of nitrogens with zero attached hydrogens (tertiary/aromatic N) is 1. The zero-order chi connectivity index (χ0) is 14.3. The lowest BCUT2D eigenvalue weighted by Crippen LogP contribution is -2.13. The van der Waals surface area contributed by atoms with E-state index in [4.69, 9.17) is 11.5 Å². The van der Waals surface area contributed by atoms with E-state index in [1.807, 2.05) is 0 Å². The molecular formula is C12H18N4O3. The number of carbonyl (C=O) groups is 2. The number of hydrogen-bond donors (Lipinski definition) is 3. The molecule has 1 aromatic rings. The second-order valence-corrected chi connectivity index (χ2v) is 4.01. The second-order valence-electron chi connectivity index (χ2n) is 4.01. The molecule has 1 heterocycles. The molecule has 0 aromatic carbocycles. The van der Waals surface area contributed by atoms with Crippen LogP contribution in [0.1, 0.15) is 29.6 Å². The molecule has 19 heavy (non-hydrogen) atoms. The number of hydrogen-bond acceptors (Lipinski definition) is 6. The van der Waals surface area contributed by atoms with Gasteiger partial charge in [-0.15, -0.1) is 0 Å². The fourth-order valence-electron chi connectivity index (χ4n) is 1.52. The van der Waals surface area contributed by atoms with Gasteiger partial charge in [0, 0.05) is 13.0 Å². The fourth-order valence-corrected chi connectivity index (χ4v) is 1.52. The average molecular weight is 266 g/mol. The Kier molecular flexibility index (Phi) is 5.59. The zero-order valence-corrected chi connectivity index (χ0v) is 10.8. The number of methoxy groups -OCH3 is 1. The van der Waals surface area contributed by atoms with Gasteiger partial charge in [0.05, 0.1) is 19.0 Å². The molecule has 1 rings (SSSR count). The van der Waals surface area contributed by atoms with Gasteiger partial charge in [-0.25, -0.2) is 9.78 Å². The van der Waals surface area contributed by atoms with Gasteiger partial charge in [-0.1, -0.05) is 0 Å². The summed E-state index contributed by atoms with van der Waals surface area (Å²) in [6.07, 6.45) is 3.24. The molecule has 1 aromatic heterocycles. The molecule has 0 atom stereocenters. The quantitative estimate of drug-likeness (QED) is 0.488. The number of nitrogens with two attached hydrogens (primary N) is 2. The van der Waals surface area contributed by atoms with Gasteiger partial charge in [-0.2, -0.15) is 0 Å². The Hall–Kier alpha value is -2.31. The summed E-state index contributed by atoms with van der Waals surface area (Å²) in [6, 6.07) is 1.50. The summed E-state index contributed by atoms with van der Waals surface area (Å²) >= 11 is 0. The van der Waals surface area contributed by atoms with Gasteiger partial charge in [0.15, 0.2) is 0 Å². The van der Waals surface area contributed by atoms with Crippen molar-refractivity contribution in [2.24, 2.45) is 5.73 Å². The third-order valence-corrected chi connectivity index (χ3v) is 2.46. The van der Waals surface area contributed by atoms with E-state index in [0.29, 0.717) is 30.9 Å². The van der Waals surface area contributed by atoms with Crippen molar-refractivity contribution in [2.45, 2.75) is 19.3 Å². The molecule has 0 aliphatic carbocycles. The first-order chi connectivity index (χ1) is 9.04. The lowest BCUT2D eigenvalue weighted by Gasteiger charge is -2.10. The second kappa shape index (κ2) is 7.20. The monoisotopic (exact) mass is 266 g/mol. The number of amides is 1. The number of ether oxygens (including phenoxy) is 1. The Balaban J connectivity index is 2.57. The van der Waals surface area contributed by atoms with Crippen molar-refractivity contribution < 1.29 is 14.3 Å². The summed E-state index contributed by atoms with van der Waals surface area (Å²) in [5.41, 5.74) is 11.3. The first-order valence-corrected chi connectivity index (χ1v) is 5.90. The van der Waals surface area contributed by atoms with E-state index in [2.05, 4.69) is 15.0 Å². The predicted octanol–water partition coefficient (Wildman–Crippen LogP) is 0.518. The van der Waals surface area contributed by atoms with E-state index >= 15 is 0 Å². The molecule has 0 unspecified atom stereocenters. The number of unbranched alkanes of at least 4 members (excludes halogenated alkanes) is 1. The van der Waals surface area contributed by atoms with Crippen molar-refractivity contribution in [1.29, 1.82) is 0 Å². The summed E-state index contributed by atoms with van der Waals surface area (Å²) < 4.78 is 4.66. The van der Waals surface area contributed by atoms with Gasteiger partial charge in [0.2, 0.25) is 5.91 Å². The highest BCUT2D eigenvalue weighted by molar-refractivity contribution is 5.95. The molecule has 0 radical (unpaired) electrons. The van der Waals surface area contributed by atoms with Crippen LogP contribution < -0.4 is 16.8 Å². The van der Waals surface area contributed by atoms with Crippen LogP contribution >= 0.6 is 0 Å². The number of esters is 1. The number of nitrogen functional groups attached to an aromatic ring is 1. The van der Waals surface area contributed by atoms with Gasteiger partial charge < -0.3 is 21.5 Å². The number of pyridine rings is 1. The van der Waals surface area contributed by atoms with E-state index in [-0.39, 0.29) is 11.5 Å². The standard InChI is InChI=1S/C12H18N4O3/c1-19-12(18)9-6-8(13)7-16-11(9)15-5-3-2-4-10(14)17/h6-7H,2-5,13H2,1H3,(H2,14,17)(H,15,16). The Labute approximate surface area is 111 Å². The first kappa shape index (κ1) is 14.7. The van der Waals surface area contributed by atoms with Crippen molar-refractivity contribution in [1.82, 2.24) is 4.98 Å². The molecular weight excluding hydrogens is 248 g/mol. The van der Waals surface area contributed by atoms with Gasteiger partial charge >= 0.3 is 5.97 Å². The first-order valence-electron chi connectivity index (χ1n) is 5.90. The molecule has 0 aliphatic rings. The SMILES string of the molecule is COC(=O)c1cc(N)cnc1NCCCCC(N)=O. The van der Waals surface area contributed by atoms with Crippen LogP contribution in [0.4, 0.5) is 11.5 Å². The number of rotatable bonds is 7. The summed E-state index contributed by atoms with van der Waals surface area (Å²) in [6.45, 7) is 0.578. The minimum Gasteiger partial charge on any atom is -0.465 e. The number of anilines is 2. The maximum absolute atomic E-state index is 11.5. The third-order valence-electron chi connectivity index (χ3n) is 2.46. The minimum atomic E-state index is -0.501. The maximum Gasteiger partial charge on any atom is 0.341 e. The number of nitrogens with one attached hydrogen (secondary N) is 1. The lowest BCUT2D eigenvalue weighted by atomic mass is 10.2. The van der Waals surface area contributed by atoms with Crippen molar-refractivity contribution in [3.8, 4) is 0 Å². The predicted molar refractivity (Wildman–Crippen MR) is 71.5 cm³/mol. The summed E-state index contributed by atoms with van der Waals surface area (Å²) in [5, 5.41) is 3.01. The van der Waals surface area contributed by atoms with Crippen LogP contribution in [0, 0.1) is 0 Å². The Bertz CT molecular complexity index is 462. The molecule has 0 bridgehead atoms. The van der Waals surface area contributed by atoms with E-state index in [0.717, 1.165) is 6.42 Å². The van der Waals surface area contributed by atoms with Crippen LogP contribution in [0.25, 0.3) is 0 Å². The van der Waals surface area contributed by atoms with Crippen LogP contribution in [0.2, 0.25) is 0 Å². The average Bonchev–Trinajstić information content (AvgIpc) is 2.38. The molecule has 0 saturated carbocycles. The lowest BCUT2D eigenvalue weighted by molar-refractivity contribution is -0.118. The third kappa shape index (κ3) is 4.82. The smallest absolute Gasteiger partial charge is 0.341 e. The molecule has 104 valence electrons. The molecule has 7 heteroatoms. The van der Waals surface area contributed by atoms with E-state index in [9.17, 15) is 9.59 Å². The highest BCUT2D eigenvalue weighted by Crippen LogP contribution is 2.16. The van der Waals surface area contributed by atoms with Crippen molar-refractivity contribution in [3.63, 3.8) is 0 Å². The molecule has 0 aliphatic heterocycles. The summed E-state index contributed by atoms with van der Waals surface area (Å²) in [7, 11) is 1.29. The van der Waals surface area contributed by atoms with Crippen LogP contribution in [-0.2, 0) is 9.53 Å². The van der Waals surface area contributed by atoms with Crippen LogP contribution in [0.15, 0.2) is 12.3 Å². The molecule has 0 saturated heterocycles. The Morgan fingerprint density at radius 2 is 2.16 bits per heavy atom. The Morgan fingerprint density at radius 3 is 2.79 bits per heavy atom. The fraction of sp³-hybridized carbons (Fsp3) is 0.417. The van der Waals surface area contributed by atoms with E-state index in [1.54, 1.807) is 0 Å². The topological polar surface area (TPSA) is 120 Å². The summed E-state index contributed by atoms with van der Waals surface area (Å²) in [5.74, 6) is -0.402. The summed E-state index contributed by atoms with van der Waals surface area (Å²) in [4.78, 5) is 26.2. The highest BCUT2D eigenvalue weighted by atomic mass is 16.5. The Morgan fingerprint density at radius 1 is 1.42 bits per heavy atom. The molecule has 0 spiro atoms. The number of primary amides is 1. The van der Waals surface area contributed by atoms with Crippen LogP contribution in [-0.4, -0.2) is 30.5 Å². The van der Waals surface area contributed by atoms with Crippen molar-refractivity contribution in [2.75, 3.05) is 24.7 Å². The molecule has 5 N–H and O–H groups in total.